The molecule has 1 aliphatic rings. The van der Waals surface area contributed by atoms with Crippen LogP contribution in [0.4, 0.5) is 0 Å². The molecule has 0 radical (unpaired) electrons. The van der Waals surface area contributed by atoms with E-state index in [2.05, 4.69) is 6.92 Å². The summed E-state index contributed by atoms with van der Waals surface area (Å²) in [4.78, 5) is 14.5. The van der Waals surface area contributed by atoms with E-state index in [1.165, 1.54) is 25.3 Å². The van der Waals surface area contributed by atoms with Crippen molar-refractivity contribution in [3.63, 3.8) is 0 Å². The molecule has 0 N–H and O–H groups in total. The van der Waals surface area contributed by atoms with E-state index in [9.17, 15) is 13.2 Å². The summed E-state index contributed by atoms with van der Waals surface area (Å²) in [5.74, 6) is -0.701. The van der Waals surface area contributed by atoms with Crippen molar-refractivity contribution in [3.05, 3.63) is 23.3 Å². The molecule has 1 saturated carbocycles. The highest BCUT2D eigenvalue weighted by Crippen LogP contribution is 2.28. The molecule has 0 bridgehead atoms. The Morgan fingerprint density at radius 1 is 0.966 bits per heavy atom. The van der Waals surface area contributed by atoms with Gasteiger partial charge in [0.25, 0.3) is 0 Å². The fraction of sp³-hybridized carbons (Fsp3) is 0.783. The minimum atomic E-state index is -3.67. The number of esters is 1. The van der Waals surface area contributed by atoms with E-state index in [1.54, 1.807) is 6.08 Å². The molecule has 1 fully saturated rings. The van der Waals surface area contributed by atoms with Gasteiger partial charge in [-0.1, -0.05) is 58.3 Å². The molecule has 0 heterocycles. The average Bonchev–Trinajstić information content (AvgIpc) is 2.73. The number of unbranched alkanes of at least 4 members (excludes halogenated alkanes) is 5. The van der Waals surface area contributed by atoms with Crippen LogP contribution in [0.3, 0.4) is 0 Å². The number of nitrogens with zero attached hydrogens (tertiary/aromatic N) is 1. The quantitative estimate of drug-likeness (QED) is 0.161. The van der Waals surface area contributed by atoms with Crippen molar-refractivity contribution in [2.75, 3.05) is 19.7 Å². The summed E-state index contributed by atoms with van der Waals surface area (Å²) in [6, 6.07) is 0. The molecule has 0 amide bonds. The van der Waals surface area contributed by atoms with Gasteiger partial charge < -0.3 is 9.64 Å². The Balaban J connectivity index is 2.79. The van der Waals surface area contributed by atoms with Crippen LogP contribution in [0.5, 0.6) is 0 Å². The van der Waals surface area contributed by atoms with Crippen LogP contribution in [-0.2, 0) is 19.4 Å². The van der Waals surface area contributed by atoms with Crippen LogP contribution in [-0.4, -0.2) is 44.2 Å². The molecular weight excluding hydrogens is 386 g/mol. The highest BCUT2D eigenvalue weighted by molar-refractivity contribution is 7.96. The van der Waals surface area contributed by atoms with Crippen LogP contribution < -0.4 is 0 Å². The molecule has 0 saturated heterocycles. The summed E-state index contributed by atoms with van der Waals surface area (Å²) in [5.41, 5.74) is 0. The second-order valence-electron chi connectivity index (χ2n) is 7.80. The summed E-state index contributed by atoms with van der Waals surface area (Å²) in [5, 5.41) is -0.467. The lowest BCUT2D eigenvalue weighted by Gasteiger charge is -2.22. The van der Waals surface area contributed by atoms with Gasteiger partial charge in [0.15, 0.2) is 14.7 Å². The lowest BCUT2D eigenvalue weighted by Crippen LogP contribution is -2.29. The Morgan fingerprint density at radius 2 is 1.59 bits per heavy atom. The zero-order valence-electron chi connectivity index (χ0n) is 18.7. The Morgan fingerprint density at radius 3 is 2.21 bits per heavy atom. The third-order valence-corrected chi connectivity index (χ3v) is 7.85. The van der Waals surface area contributed by atoms with Crippen molar-refractivity contribution >= 4 is 15.8 Å². The minimum absolute atomic E-state index is 0.182. The molecule has 0 aliphatic heterocycles. The van der Waals surface area contributed by atoms with E-state index < -0.39 is 21.1 Å². The fourth-order valence-electron chi connectivity index (χ4n) is 3.64. The Hall–Kier alpha value is -1.30. The molecule has 1 rings (SSSR count). The number of carbonyl (C=O) groups excluding carboxylic acids is 1. The number of carbonyl (C=O) groups is 1. The summed E-state index contributed by atoms with van der Waals surface area (Å²) in [6.07, 6.45) is 15.6. The molecule has 0 aromatic carbocycles. The lowest BCUT2D eigenvalue weighted by molar-refractivity contribution is -0.138. The zero-order valence-corrected chi connectivity index (χ0v) is 19.5. The zero-order chi connectivity index (χ0) is 21.5. The van der Waals surface area contributed by atoms with E-state index in [4.69, 9.17) is 4.74 Å². The first-order valence-electron chi connectivity index (χ1n) is 11.5. The van der Waals surface area contributed by atoms with Crippen molar-refractivity contribution in [2.24, 2.45) is 0 Å². The Bertz CT molecular complexity index is 615. The molecule has 29 heavy (non-hydrogen) atoms. The molecule has 6 heteroatoms. The number of allylic oxidation sites excluding steroid dienone is 2. The van der Waals surface area contributed by atoms with E-state index in [0.717, 1.165) is 51.6 Å². The fourth-order valence-corrected chi connectivity index (χ4v) is 5.51. The van der Waals surface area contributed by atoms with E-state index >= 15 is 0 Å². The van der Waals surface area contributed by atoms with Gasteiger partial charge in [-0.15, -0.1) is 0 Å². The first-order valence-corrected chi connectivity index (χ1v) is 13.1. The molecule has 0 aromatic heterocycles. The van der Waals surface area contributed by atoms with Crippen molar-refractivity contribution in [2.45, 2.75) is 96.7 Å². The van der Waals surface area contributed by atoms with Gasteiger partial charge in [-0.2, -0.15) is 0 Å². The third kappa shape index (κ3) is 9.37. The van der Waals surface area contributed by atoms with Gasteiger partial charge in [-0.05, 0) is 51.5 Å². The van der Waals surface area contributed by atoms with Crippen LogP contribution in [0.1, 0.15) is 91.4 Å². The van der Waals surface area contributed by atoms with Crippen LogP contribution in [0.25, 0.3) is 0 Å². The summed E-state index contributed by atoms with van der Waals surface area (Å²) < 4.78 is 31.6. The number of hydrogen-bond donors (Lipinski definition) is 0. The Labute approximate surface area is 178 Å². The second kappa shape index (κ2) is 14.6. The van der Waals surface area contributed by atoms with Gasteiger partial charge in [0.05, 0.1) is 11.9 Å². The molecule has 0 atom stereocenters. The SMILES string of the molecule is CCCCCCCCOC(=O)/C(=C\C=C/N(CC)CC)S(=O)(=O)C1CCCCC1. The van der Waals surface area contributed by atoms with Crippen molar-refractivity contribution in [1.82, 2.24) is 4.90 Å². The molecule has 0 spiro atoms. The summed E-state index contributed by atoms with van der Waals surface area (Å²) >= 11 is 0. The number of rotatable bonds is 14. The van der Waals surface area contributed by atoms with Crippen LogP contribution >= 0.6 is 0 Å². The predicted octanol–water partition coefficient (Wildman–Crippen LogP) is 5.38. The normalized spacial score (nSPS) is 16.3. The number of ether oxygens (including phenoxy) is 1. The van der Waals surface area contributed by atoms with Crippen molar-refractivity contribution in [1.29, 1.82) is 0 Å². The maximum atomic E-state index is 13.1. The monoisotopic (exact) mass is 427 g/mol. The van der Waals surface area contributed by atoms with Crippen LogP contribution in [0, 0.1) is 0 Å². The van der Waals surface area contributed by atoms with Crippen molar-refractivity contribution in [3.8, 4) is 0 Å². The second-order valence-corrected chi connectivity index (χ2v) is 10.00. The first-order chi connectivity index (χ1) is 14.0. The largest absolute Gasteiger partial charge is 0.462 e. The first kappa shape index (κ1) is 25.7. The molecule has 5 nitrogen and oxygen atoms in total. The third-order valence-electron chi connectivity index (χ3n) is 5.59. The van der Waals surface area contributed by atoms with Gasteiger partial charge in [-0.3, -0.25) is 0 Å². The predicted molar refractivity (Wildman–Crippen MR) is 120 cm³/mol. The van der Waals surface area contributed by atoms with E-state index in [-0.39, 0.29) is 11.5 Å². The lowest BCUT2D eigenvalue weighted by atomic mass is 10.0. The average molecular weight is 428 g/mol. The summed E-state index contributed by atoms with van der Waals surface area (Å²) in [6.45, 7) is 8.18. The van der Waals surface area contributed by atoms with Gasteiger partial charge in [0.1, 0.15) is 0 Å². The van der Waals surface area contributed by atoms with E-state index in [0.29, 0.717) is 12.8 Å². The van der Waals surface area contributed by atoms with E-state index in [1.807, 2.05) is 24.9 Å². The maximum absolute atomic E-state index is 13.1. The topological polar surface area (TPSA) is 63.7 Å². The summed E-state index contributed by atoms with van der Waals surface area (Å²) in [7, 11) is -3.67. The van der Waals surface area contributed by atoms with Crippen LogP contribution in [0.15, 0.2) is 23.3 Å². The smallest absolute Gasteiger partial charge is 0.349 e. The number of hydrogen-bond acceptors (Lipinski definition) is 5. The molecule has 168 valence electrons. The maximum Gasteiger partial charge on any atom is 0.349 e. The molecule has 0 unspecified atom stereocenters. The standard InChI is InChI=1S/C23H41NO4S/c1-4-7-8-9-10-14-20-28-23(25)22(18-15-19-24(5-2)6-3)29(26,27)21-16-12-11-13-17-21/h15,18-19,21H,4-14,16-17,20H2,1-3H3/b19-15-,22-18+. The minimum Gasteiger partial charge on any atom is -0.462 e. The molecule has 0 aromatic rings. The van der Waals surface area contributed by atoms with Gasteiger partial charge >= 0.3 is 5.97 Å². The number of sulfone groups is 1. The highest BCUT2D eigenvalue weighted by atomic mass is 32.2. The van der Waals surface area contributed by atoms with Crippen molar-refractivity contribution < 1.29 is 17.9 Å². The Kier molecular flexibility index (Phi) is 13.0. The highest BCUT2D eigenvalue weighted by Gasteiger charge is 2.34. The van der Waals surface area contributed by atoms with Gasteiger partial charge in [0, 0.05) is 13.1 Å². The molecule has 1 aliphatic carbocycles. The molecular formula is C23H41NO4S. The van der Waals surface area contributed by atoms with Gasteiger partial charge in [-0.25, -0.2) is 13.2 Å². The van der Waals surface area contributed by atoms with Crippen LogP contribution in [0.2, 0.25) is 0 Å². The van der Waals surface area contributed by atoms with Gasteiger partial charge in [0.2, 0.25) is 0 Å².